The summed E-state index contributed by atoms with van der Waals surface area (Å²) in [6.07, 6.45) is 9.16. The lowest BCUT2D eigenvalue weighted by Gasteiger charge is -2.17. The molecule has 2 rings (SSSR count). The van der Waals surface area contributed by atoms with Crippen molar-refractivity contribution in [1.29, 1.82) is 0 Å². The molecule has 1 atom stereocenters. The van der Waals surface area contributed by atoms with E-state index < -0.39 is 0 Å². The van der Waals surface area contributed by atoms with Gasteiger partial charge in [-0.15, -0.1) is 0 Å². The molecule has 0 saturated heterocycles. The molecule has 2 aromatic rings. The van der Waals surface area contributed by atoms with E-state index >= 15 is 0 Å². The molecule has 22 heavy (non-hydrogen) atoms. The summed E-state index contributed by atoms with van der Waals surface area (Å²) in [7, 11) is 0. The first kappa shape index (κ1) is 16.8. The Bertz CT molecular complexity index is 527. The summed E-state index contributed by atoms with van der Waals surface area (Å²) in [6, 6.07) is 19.9. The van der Waals surface area contributed by atoms with E-state index in [1.165, 1.54) is 44.1 Å². The fraction of sp³-hybridized carbons (Fsp3) is 0.455. The number of aryl methyl sites for hydroxylation is 1. The molecule has 0 aromatic heterocycles. The number of hydrogen-bond acceptors (Lipinski definition) is 0. The van der Waals surface area contributed by atoms with Crippen molar-refractivity contribution in [1.82, 2.24) is 0 Å². The van der Waals surface area contributed by atoms with Gasteiger partial charge in [-0.25, -0.2) is 0 Å². The molecule has 0 saturated carbocycles. The minimum atomic E-state index is 0.592. The number of unbranched alkanes of at least 4 members (excludes halogenated alkanes) is 4. The maximum atomic E-state index is 2.36. The Balaban J connectivity index is 1.95. The second-order valence-electron chi connectivity index (χ2n) is 6.45. The predicted octanol–water partition coefficient (Wildman–Crippen LogP) is 6.55. The molecule has 0 aliphatic heterocycles. The molecule has 0 fully saturated rings. The Morgan fingerprint density at radius 3 is 2.23 bits per heavy atom. The summed E-state index contributed by atoms with van der Waals surface area (Å²) in [5.74, 6) is 0.592. The van der Waals surface area contributed by atoms with Crippen LogP contribution >= 0.6 is 0 Å². The molecule has 0 nitrogen and oxygen atoms in total. The van der Waals surface area contributed by atoms with Gasteiger partial charge in [0.25, 0.3) is 0 Å². The molecule has 0 N–H and O–H groups in total. The van der Waals surface area contributed by atoms with Crippen LogP contribution in [-0.4, -0.2) is 0 Å². The van der Waals surface area contributed by atoms with Crippen LogP contribution in [-0.2, 0) is 12.8 Å². The lowest BCUT2D eigenvalue weighted by Crippen LogP contribution is -2.03. The van der Waals surface area contributed by atoms with Crippen LogP contribution in [0, 0.1) is 0 Å². The minimum absolute atomic E-state index is 0.592. The van der Waals surface area contributed by atoms with E-state index in [0.717, 1.165) is 6.42 Å². The van der Waals surface area contributed by atoms with Gasteiger partial charge in [-0.05, 0) is 41.9 Å². The Kier molecular flexibility index (Phi) is 7.22. The third-order valence-corrected chi connectivity index (χ3v) is 4.52. The Morgan fingerprint density at radius 1 is 0.773 bits per heavy atom. The Hall–Kier alpha value is -1.56. The normalized spacial score (nSPS) is 12.3. The highest BCUT2D eigenvalue weighted by Crippen LogP contribution is 2.25. The molecule has 0 aliphatic carbocycles. The van der Waals surface area contributed by atoms with Gasteiger partial charge in [-0.1, -0.05) is 94.1 Å². The van der Waals surface area contributed by atoms with E-state index in [-0.39, 0.29) is 0 Å². The maximum absolute atomic E-state index is 2.36. The number of rotatable bonds is 9. The van der Waals surface area contributed by atoms with Crippen LogP contribution in [0.15, 0.2) is 54.6 Å². The molecule has 1 unspecified atom stereocenters. The molecule has 0 spiro atoms. The quantitative estimate of drug-likeness (QED) is 0.460. The molecule has 118 valence electrons. The van der Waals surface area contributed by atoms with Crippen molar-refractivity contribution in [2.24, 2.45) is 0 Å². The first-order valence-corrected chi connectivity index (χ1v) is 8.93. The standard InChI is InChI=1S/C22H30/c1-3-4-5-6-10-15-21-16-11-12-17-22(21)19(2)18-20-13-8-7-9-14-20/h7-9,11-14,16-17,19H,3-6,10,15,18H2,1-2H3. The molecule has 0 heteroatoms. The summed E-state index contributed by atoms with van der Waals surface area (Å²) < 4.78 is 0. The van der Waals surface area contributed by atoms with Gasteiger partial charge in [-0.2, -0.15) is 0 Å². The van der Waals surface area contributed by atoms with E-state index in [1.54, 1.807) is 11.1 Å². The molecular weight excluding hydrogens is 264 g/mol. The summed E-state index contributed by atoms with van der Waals surface area (Å²) in [6.45, 7) is 4.64. The largest absolute Gasteiger partial charge is 0.0654 e. The minimum Gasteiger partial charge on any atom is -0.0654 e. The predicted molar refractivity (Wildman–Crippen MR) is 97.5 cm³/mol. The van der Waals surface area contributed by atoms with Gasteiger partial charge >= 0.3 is 0 Å². The average molecular weight is 294 g/mol. The number of benzene rings is 2. The topological polar surface area (TPSA) is 0 Å². The van der Waals surface area contributed by atoms with Gasteiger partial charge in [0, 0.05) is 0 Å². The van der Waals surface area contributed by atoms with Gasteiger partial charge in [0.05, 0.1) is 0 Å². The highest BCUT2D eigenvalue weighted by Gasteiger charge is 2.10. The zero-order chi connectivity index (χ0) is 15.6. The highest BCUT2D eigenvalue weighted by molar-refractivity contribution is 5.32. The third-order valence-electron chi connectivity index (χ3n) is 4.52. The van der Waals surface area contributed by atoms with E-state index in [2.05, 4.69) is 68.4 Å². The molecular formula is C22H30. The monoisotopic (exact) mass is 294 g/mol. The van der Waals surface area contributed by atoms with Crippen molar-refractivity contribution in [3.05, 3.63) is 71.3 Å². The SMILES string of the molecule is CCCCCCCc1ccccc1C(C)Cc1ccccc1. The smallest absolute Gasteiger partial charge is 0.0147 e. The zero-order valence-corrected chi connectivity index (χ0v) is 14.2. The van der Waals surface area contributed by atoms with Crippen molar-refractivity contribution >= 4 is 0 Å². The van der Waals surface area contributed by atoms with E-state index in [1.807, 2.05) is 0 Å². The van der Waals surface area contributed by atoms with E-state index in [9.17, 15) is 0 Å². The highest BCUT2D eigenvalue weighted by atomic mass is 14.2. The summed E-state index contributed by atoms with van der Waals surface area (Å²) in [5, 5.41) is 0. The van der Waals surface area contributed by atoms with Gasteiger partial charge < -0.3 is 0 Å². The van der Waals surface area contributed by atoms with Gasteiger partial charge in [-0.3, -0.25) is 0 Å². The van der Waals surface area contributed by atoms with E-state index in [4.69, 9.17) is 0 Å². The molecule has 0 radical (unpaired) electrons. The summed E-state index contributed by atoms with van der Waals surface area (Å²) >= 11 is 0. The van der Waals surface area contributed by atoms with Crippen LogP contribution in [0.4, 0.5) is 0 Å². The summed E-state index contributed by atoms with van der Waals surface area (Å²) in [4.78, 5) is 0. The number of hydrogen-bond donors (Lipinski definition) is 0. The lowest BCUT2D eigenvalue weighted by molar-refractivity contribution is 0.627. The molecule has 2 aromatic carbocycles. The van der Waals surface area contributed by atoms with Crippen molar-refractivity contribution < 1.29 is 0 Å². The second kappa shape index (κ2) is 9.46. The first-order chi connectivity index (χ1) is 10.8. The van der Waals surface area contributed by atoms with Crippen LogP contribution in [0.2, 0.25) is 0 Å². The maximum Gasteiger partial charge on any atom is -0.0147 e. The Morgan fingerprint density at radius 2 is 1.45 bits per heavy atom. The average Bonchev–Trinajstić information content (AvgIpc) is 2.56. The fourth-order valence-corrected chi connectivity index (χ4v) is 3.24. The van der Waals surface area contributed by atoms with Crippen LogP contribution in [0.3, 0.4) is 0 Å². The van der Waals surface area contributed by atoms with Crippen LogP contribution in [0.25, 0.3) is 0 Å². The lowest BCUT2D eigenvalue weighted by atomic mass is 9.88. The van der Waals surface area contributed by atoms with Crippen molar-refractivity contribution in [2.75, 3.05) is 0 Å². The third kappa shape index (κ3) is 5.33. The fourth-order valence-electron chi connectivity index (χ4n) is 3.24. The van der Waals surface area contributed by atoms with Gasteiger partial charge in [0.1, 0.15) is 0 Å². The Labute approximate surface area is 136 Å². The molecule has 0 amide bonds. The van der Waals surface area contributed by atoms with Crippen LogP contribution in [0.5, 0.6) is 0 Å². The van der Waals surface area contributed by atoms with Crippen molar-refractivity contribution in [3.8, 4) is 0 Å². The summed E-state index contributed by atoms with van der Waals surface area (Å²) in [5.41, 5.74) is 4.54. The van der Waals surface area contributed by atoms with E-state index in [0.29, 0.717) is 5.92 Å². The van der Waals surface area contributed by atoms with Crippen LogP contribution < -0.4 is 0 Å². The molecule has 0 aliphatic rings. The van der Waals surface area contributed by atoms with Gasteiger partial charge in [0.2, 0.25) is 0 Å². The first-order valence-electron chi connectivity index (χ1n) is 8.93. The molecule has 0 heterocycles. The second-order valence-corrected chi connectivity index (χ2v) is 6.45. The van der Waals surface area contributed by atoms with Crippen molar-refractivity contribution in [2.45, 2.75) is 64.7 Å². The van der Waals surface area contributed by atoms with Crippen molar-refractivity contribution in [3.63, 3.8) is 0 Å². The zero-order valence-electron chi connectivity index (χ0n) is 14.2. The van der Waals surface area contributed by atoms with Gasteiger partial charge in [0.15, 0.2) is 0 Å². The molecule has 0 bridgehead atoms. The van der Waals surface area contributed by atoms with Crippen LogP contribution in [0.1, 0.15) is 68.6 Å².